The van der Waals surface area contributed by atoms with Gasteiger partial charge in [-0.25, -0.2) is 4.79 Å². The van der Waals surface area contributed by atoms with Crippen LogP contribution < -0.4 is 0 Å². The Kier molecular flexibility index (Phi) is 5.40. The Hall–Kier alpha value is -0.880. The Morgan fingerprint density at radius 1 is 1.82 bits per heavy atom. The van der Waals surface area contributed by atoms with Crippen LogP contribution in [0.5, 0.6) is 0 Å². The fourth-order valence-electron chi connectivity index (χ4n) is 0.360. The summed E-state index contributed by atoms with van der Waals surface area (Å²) in [6, 6.07) is 0. The van der Waals surface area contributed by atoms with Crippen molar-refractivity contribution in [2.45, 2.75) is 18.9 Å². The minimum Gasteiger partial charge on any atom is -0.433 e. The van der Waals surface area contributed by atoms with Gasteiger partial charge in [0.1, 0.15) is 6.61 Å². The molecule has 0 N–H and O–H groups in total. The van der Waals surface area contributed by atoms with E-state index in [4.69, 9.17) is 18.0 Å². The molecule has 0 aromatic rings. The van der Waals surface area contributed by atoms with E-state index in [0.717, 1.165) is 0 Å². The summed E-state index contributed by atoms with van der Waals surface area (Å²) < 4.78 is 8.94. The molecule has 11 heavy (non-hydrogen) atoms. The maximum absolute atomic E-state index is 10.5. The molecule has 0 aliphatic heterocycles. The molecule has 0 fully saturated rings. The highest BCUT2D eigenvalue weighted by Crippen LogP contribution is 1.98. The number of rotatable bonds is 3. The number of alkyl halides is 1. The van der Waals surface area contributed by atoms with Gasteiger partial charge in [0.05, 0.1) is 0 Å². The Morgan fingerprint density at radius 2 is 2.45 bits per heavy atom. The zero-order valence-electron chi connectivity index (χ0n) is 6.17. The van der Waals surface area contributed by atoms with E-state index in [0.29, 0.717) is 6.42 Å². The third kappa shape index (κ3) is 7.01. The molecule has 4 heteroatoms. The van der Waals surface area contributed by atoms with E-state index in [1.54, 1.807) is 0 Å². The molecule has 62 valence electrons. The fraction of sp³-hybridized carbons (Fsp3) is 0.571. The second kappa shape index (κ2) is 5.87. The molecular formula is C7H9ClO3. The molecule has 0 aliphatic carbocycles. The standard InChI is InChI=1S/C7H9ClO3/c1-3-4-5-10-7(9)11-6(2)8/h1,6H,4-5H2,2H3. The van der Waals surface area contributed by atoms with Crippen LogP contribution in [0, 0.1) is 12.3 Å². The molecule has 3 nitrogen and oxygen atoms in total. The van der Waals surface area contributed by atoms with E-state index in [2.05, 4.69) is 15.4 Å². The number of ether oxygens (including phenoxy) is 2. The molecule has 0 amide bonds. The van der Waals surface area contributed by atoms with Crippen LogP contribution >= 0.6 is 11.6 Å². The first-order valence-corrected chi connectivity index (χ1v) is 3.51. The maximum Gasteiger partial charge on any atom is 0.509 e. The molecule has 0 saturated heterocycles. The molecule has 0 heterocycles. The molecule has 0 bridgehead atoms. The third-order valence-electron chi connectivity index (χ3n) is 0.725. The van der Waals surface area contributed by atoms with Gasteiger partial charge < -0.3 is 9.47 Å². The molecule has 0 rings (SSSR count). The van der Waals surface area contributed by atoms with Gasteiger partial charge in [0.15, 0.2) is 5.56 Å². The predicted molar refractivity (Wildman–Crippen MR) is 41.2 cm³/mol. The highest BCUT2D eigenvalue weighted by molar-refractivity contribution is 6.19. The molecule has 0 aromatic carbocycles. The number of hydrogen-bond donors (Lipinski definition) is 0. The van der Waals surface area contributed by atoms with E-state index in [1.807, 2.05) is 0 Å². The van der Waals surface area contributed by atoms with Crippen molar-refractivity contribution < 1.29 is 14.3 Å². The molecule has 0 radical (unpaired) electrons. The van der Waals surface area contributed by atoms with Crippen molar-refractivity contribution in [3.05, 3.63) is 0 Å². The van der Waals surface area contributed by atoms with Crippen LogP contribution in [0.2, 0.25) is 0 Å². The molecule has 0 aromatic heterocycles. The van der Waals surface area contributed by atoms with Gasteiger partial charge in [-0.05, 0) is 6.92 Å². The van der Waals surface area contributed by atoms with Crippen molar-refractivity contribution in [1.29, 1.82) is 0 Å². The van der Waals surface area contributed by atoms with Crippen molar-refractivity contribution in [2.24, 2.45) is 0 Å². The molecule has 0 aliphatic rings. The van der Waals surface area contributed by atoms with Gasteiger partial charge in [-0.2, -0.15) is 0 Å². The monoisotopic (exact) mass is 176 g/mol. The zero-order chi connectivity index (χ0) is 8.69. The number of halogens is 1. The van der Waals surface area contributed by atoms with E-state index in [1.165, 1.54) is 6.92 Å². The normalized spacial score (nSPS) is 11.4. The lowest BCUT2D eigenvalue weighted by Gasteiger charge is -2.05. The number of carbonyl (C=O) groups is 1. The zero-order valence-corrected chi connectivity index (χ0v) is 6.93. The second-order valence-electron chi connectivity index (χ2n) is 1.71. The summed E-state index contributed by atoms with van der Waals surface area (Å²) in [5, 5.41) is 0. The van der Waals surface area contributed by atoms with E-state index in [-0.39, 0.29) is 6.61 Å². The van der Waals surface area contributed by atoms with Crippen molar-refractivity contribution in [3.63, 3.8) is 0 Å². The smallest absolute Gasteiger partial charge is 0.433 e. The summed E-state index contributed by atoms with van der Waals surface area (Å²) in [7, 11) is 0. The molecule has 0 spiro atoms. The quantitative estimate of drug-likeness (QED) is 0.285. The summed E-state index contributed by atoms with van der Waals surface area (Å²) >= 11 is 5.32. The largest absolute Gasteiger partial charge is 0.509 e. The molecule has 0 saturated carbocycles. The first kappa shape index (κ1) is 10.1. The van der Waals surface area contributed by atoms with Gasteiger partial charge >= 0.3 is 6.16 Å². The van der Waals surface area contributed by atoms with E-state index >= 15 is 0 Å². The van der Waals surface area contributed by atoms with Crippen LogP contribution in [0.15, 0.2) is 0 Å². The van der Waals surface area contributed by atoms with E-state index < -0.39 is 11.7 Å². The van der Waals surface area contributed by atoms with Crippen LogP contribution in [0.1, 0.15) is 13.3 Å². The number of hydrogen-bond acceptors (Lipinski definition) is 3. The first-order chi connectivity index (χ1) is 5.16. The Bertz CT molecular complexity index is 160. The van der Waals surface area contributed by atoms with Gasteiger partial charge in [0.2, 0.25) is 0 Å². The predicted octanol–water partition coefficient (Wildman–Crippen LogP) is 1.75. The Morgan fingerprint density at radius 3 is 2.91 bits per heavy atom. The van der Waals surface area contributed by atoms with Gasteiger partial charge in [-0.3, -0.25) is 0 Å². The summed E-state index contributed by atoms with van der Waals surface area (Å²) in [4.78, 5) is 10.5. The van der Waals surface area contributed by atoms with Gasteiger partial charge in [0.25, 0.3) is 0 Å². The topological polar surface area (TPSA) is 35.5 Å². The van der Waals surface area contributed by atoms with Crippen molar-refractivity contribution in [1.82, 2.24) is 0 Å². The van der Waals surface area contributed by atoms with Crippen LogP contribution in [0.4, 0.5) is 4.79 Å². The SMILES string of the molecule is C#CCCOC(=O)OC(C)Cl. The molecular weight excluding hydrogens is 168 g/mol. The Balaban J connectivity index is 3.32. The lowest BCUT2D eigenvalue weighted by molar-refractivity contribution is 0.0513. The van der Waals surface area contributed by atoms with Gasteiger partial charge in [-0.1, -0.05) is 11.6 Å². The van der Waals surface area contributed by atoms with Crippen LogP contribution in [0.25, 0.3) is 0 Å². The summed E-state index contributed by atoms with van der Waals surface area (Å²) in [6.07, 6.45) is 4.50. The van der Waals surface area contributed by atoms with Crippen molar-refractivity contribution in [2.75, 3.05) is 6.61 Å². The number of carbonyl (C=O) groups excluding carboxylic acids is 1. The van der Waals surface area contributed by atoms with Crippen molar-refractivity contribution in [3.8, 4) is 12.3 Å². The fourth-order valence-corrected chi connectivity index (χ4v) is 0.433. The van der Waals surface area contributed by atoms with E-state index in [9.17, 15) is 4.79 Å². The molecule has 1 atom stereocenters. The summed E-state index contributed by atoms with van der Waals surface area (Å²) in [6.45, 7) is 1.68. The minimum atomic E-state index is -0.789. The average Bonchev–Trinajstić information content (AvgIpc) is 1.86. The second-order valence-corrected chi connectivity index (χ2v) is 2.33. The third-order valence-corrected chi connectivity index (χ3v) is 0.814. The van der Waals surface area contributed by atoms with Crippen molar-refractivity contribution >= 4 is 17.8 Å². The maximum atomic E-state index is 10.5. The average molecular weight is 177 g/mol. The van der Waals surface area contributed by atoms with Gasteiger partial charge in [0, 0.05) is 6.42 Å². The Labute approximate surface area is 70.6 Å². The molecule has 1 unspecified atom stereocenters. The summed E-state index contributed by atoms with van der Waals surface area (Å²) in [5.74, 6) is 2.31. The highest BCUT2D eigenvalue weighted by atomic mass is 35.5. The van der Waals surface area contributed by atoms with Crippen LogP contribution in [-0.4, -0.2) is 18.3 Å². The van der Waals surface area contributed by atoms with Crippen LogP contribution in [0.3, 0.4) is 0 Å². The minimum absolute atomic E-state index is 0.166. The highest BCUT2D eigenvalue weighted by Gasteiger charge is 2.05. The van der Waals surface area contributed by atoms with Crippen LogP contribution in [-0.2, 0) is 9.47 Å². The lowest BCUT2D eigenvalue weighted by Crippen LogP contribution is -2.11. The number of terminal acetylenes is 1. The first-order valence-electron chi connectivity index (χ1n) is 3.07. The lowest BCUT2D eigenvalue weighted by atomic mass is 10.5. The van der Waals surface area contributed by atoms with Gasteiger partial charge in [-0.15, -0.1) is 12.3 Å². The summed E-state index contributed by atoms with van der Waals surface area (Å²) in [5.41, 5.74) is -0.673.